The Bertz CT molecular complexity index is 983. The zero-order valence-corrected chi connectivity index (χ0v) is 18.6. The van der Waals surface area contributed by atoms with Crippen LogP contribution in [0.15, 0.2) is 79.4 Å². The molecule has 0 atom stereocenters. The van der Waals surface area contributed by atoms with Gasteiger partial charge in [-0.05, 0) is 65.9 Å². The van der Waals surface area contributed by atoms with Gasteiger partial charge in [0.15, 0.2) is 0 Å². The van der Waals surface area contributed by atoms with Crippen LogP contribution in [0.2, 0.25) is 0 Å². The first-order valence-electron chi connectivity index (χ1n) is 11.4. The summed E-state index contributed by atoms with van der Waals surface area (Å²) in [5.41, 5.74) is 4.02. The standard InChI is InChI=1S/C29H31NO2/c1-2-24-11-17-28(18-12-24)31-21-7-5-3-4-6-8-22-32-29-19-15-27(16-20-29)26-13-9-25(23-30)10-14-26/h2,9-20H,1,3-8,21-22H2. The summed E-state index contributed by atoms with van der Waals surface area (Å²) >= 11 is 0. The molecule has 0 saturated heterocycles. The monoisotopic (exact) mass is 425 g/mol. The number of unbranched alkanes of at least 4 members (excludes halogenated alkanes) is 5. The summed E-state index contributed by atoms with van der Waals surface area (Å²) in [4.78, 5) is 0. The van der Waals surface area contributed by atoms with Gasteiger partial charge in [-0.1, -0.05) is 74.7 Å². The fourth-order valence-electron chi connectivity index (χ4n) is 3.47. The zero-order valence-electron chi connectivity index (χ0n) is 18.6. The molecule has 0 spiro atoms. The highest BCUT2D eigenvalue weighted by Crippen LogP contribution is 2.23. The molecule has 0 amide bonds. The molecule has 3 heteroatoms. The van der Waals surface area contributed by atoms with Gasteiger partial charge in [0.2, 0.25) is 0 Å². The lowest BCUT2D eigenvalue weighted by Crippen LogP contribution is -1.98. The minimum absolute atomic E-state index is 0.678. The van der Waals surface area contributed by atoms with Crippen LogP contribution in [0, 0.1) is 11.3 Å². The van der Waals surface area contributed by atoms with Gasteiger partial charge in [0.05, 0.1) is 24.8 Å². The summed E-state index contributed by atoms with van der Waals surface area (Å²) in [6.07, 6.45) is 8.85. The molecule has 0 aliphatic rings. The quantitative estimate of drug-likeness (QED) is 0.264. The van der Waals surface area contributed by atoms with Crippen molar-refractivity contribution in [1.82, 2.24) is 0 Å². The normalized spacial score (nSPS) is 10.3. The highest BCUT2D eigenvalue weighted by molar-refractivity contribution is 5.64. The van der Waals surface area contributed by atoms with Crippen molar-refractivity contribution in [2.45, 2.75) is 38.5 Å². The Labute approximate surface area is 191 Å². The van der Waals surface area contributed by atoms with Gasteiger partial charge in [-0.3, -0.25) is 0 Å². The van der Waals surface area contributed by atoms with E-state index in [0.717, 1.165) is 54.2 Å². The second-order valence-electron chi connectivity index (χ2n) is 7.80. The number of nitriles is 1. The summed E-state index contributed by atoms with van der Waals surface area (Å²) in [7, 11) is 0. The molecule has 0 radical (unpaired) electrons. The maximum atomic E-state index is 8.90. The Morgan fingerprint density at radius 2 is 1.06 bits per heavy atom. The molecule has 3 rings (SSSR count). The highest BCUT2D eigenvalue weighted by atomic mass is 16.5. The minimum Gasteiger partial charge on any atom is -0.494 e. The largest absolute Gasteiger partial charge is 0.494 e. The van der Waals surface area contributed by atoms with Crippen LogP contribution in [0.1, 0.15) is 49.7 Å². The Kier molecular flexibility index (Phi) is 9.42. The van der Waals surface area contributed by atoms with Crippen LogP contribution in [0.3, 0.4) is 0 Å². The fraction of sp³-hybridized carbons (Fsp3) is 0.276. The molecule has 3 nitrogen and oxygen atoms in total. The van der Waals surface area contributed by atoms with E-state index in [1.807, 2.05) is 66.7 Å². The number of benzene rings is 3. The van der Waals surface area contributed by atoms with E-state index in [1.165, 1.54) is 25.7 Å². The molecular formula is C29H31NO2. The van der Waals surface area contributed by atoms with Crippen molar-refractivity contribution in [3.8, 4) is 28.7 Å². The summed E-state index contributed by atoms with van der Waals surface area (Å²) in [6, 6.07) is 26.0. The van der Waals surface area contributed by atoms with E-state index in [0.29, 0.717) is 5.56 Å². The van der Waals surface area contributed by atoms with E-state index >= 15 is 0 Å². The number of hydrogen-bond acceptors (Lipinski definition) is 3. The predicted molar refractivity (Wildman–Crippen MR) is 132 cm³/mol. The molecule has 32 heavy (non-hydrogen) atoms. The third-order valence-electron chi connectivity index (χ3n) is 5.39. The van der Waals surface area contributed by atoms with Crippen LogP contribution in [-0.4, -0.2) is 13.2 Å². The van der Waals surface area contributed by atoms with Crippen LogP contribution in [-0.2, 0) is 0 Å². The Balaban J connectivity index is 1.22. The lowest BCUT2D eigenvalue weighted by Gasteiger charge is -2.08. The van der Waals surface area contributed by atoms with E-state index in [-0.39, 0.29) is 0 Å². The van der Waals surface area contributed by atoms with Crippen molar-refractivity contribution in [1.29, 1.82) is 5.26 Å². The molecule has 0 N–H and O–H groups in total. The van der Waals surface area contributed by atoms with E-state index in [9.17, 15) is 0 Å². The van der Waals surface area contributed by atoms with Gasteiger partial charge < -0.3 is 9.47 Å². The number of rotatable bonds is 13. The predicted octanol–water partition coefficient (Wildman–Crippen LogP) is 7.67. The first-order valence-corrected chi connectivity index (χ1v) is 11.4. The van der Waals surface area contributed by atoms with Crippen molar-refractivity contribution in [2.24, 2.45) is 0 Å². The van der Waals surface area contributed by atoms with Gasteiger partial charge in [0.1, 0.15) is 11.5 Å². The SMILES string of the molecule is C=Cc1ccc(OCCCCCCCCOc2ccc(-c3ccc(C#N)cc3)cc2)cc1. The summed E-state index contributed by atoms with van der Waals surface area (Å²) in [5, 5.41) is 8.90. The van der Waals surface area contributed by atoms with Gasteiger partial charge in [-0.25, -0.2) is 0 Å². The van der Waals surface area contributed by atoms with Crippen LogP contribution in [0.5, 0.6) is 11.5 Å². The molecule has 0 bridgehead atoms. The lowest BCUT2D eigenvalue weighted by atomic mass is 10.0. The minimum atomic E-state index is 0.678. The van der Waals surface area contributed by atoms with Gasteiger partial charge in [0.25, 0.3) is 0 Å². The molecule has 0 fully saturated rings. The maximum absolute atomic E-state index is 8.90. The second kappa shape index (κ2) is 13.0. The van der Waals surface area contributed by atoms with Crippen molar-refractivity contribution >= 4 is 6.08 Å². The summed E-state index contributed by atoms with van der Waals surface area (Å²) < 4.78 is 11.7. The zero-order chi connectivity index (χ0) is 22.4. The van der Waals surface area contributed by atoms with Gasteiger partial charge >= 0.3 is 0 Å². The van der Waals surface area contributed by atoms with Gasteiger partial charge in [0, 0.05) is 0 Å². The molecule has 164 valence electrons. The maximum Gasteiger partial charge on any atom is 0.119 e. The van der Waals surface area contributed by atoms with Crippen molar-refractivity contribution in [3.05, 3.63) is 90.5 Å². The number of hydrogen-bond donors (Lipinski definition) is 0. The lowest BCUT2D eigenvalue weighted by molar-refractivity contribution is 0.297. The fourth-order valence-corrected chi connectivity index (χ4v) is 3.47. The molecule has 0 aromatic heterocycles. The molecule has 3 aromatic rings. The highest BCUT2D eigenvalue weighted by Gasteiger charge is 2.00. The van der Waals surface area contributed by atoms with E-state index in [2.05, 4.69) is 24.8 Å². The Hall–Kier alpha value is -3.51. The van der Waals surface area contributed by atoms with Crippen LogP contribution in [0.4, 0.5) is 0 Å². The molecule has 0 heterocycles. The average molecular weight is 426 g/mol. The topological polar surface area (TPSA) is 42.2 Å². The molecule has 3 aromatic carbocycles. The summed E-state index contributed by atoms with van der Waals surface area (Å²) in [6.45, 7) is 5.28. The van der Waals surface area contributed by atoms with E-state index < -0.39 is 0 Å². The van der Waals surface area contributed by atoms with Crippen molar-refractivity contribution in [3.63, 3.8) is 0 Å². The van der Waals surface area contributed by atoms with Crippen LogP contribution >= 0.6 is 0 Å². The van der Waals surface area contributed by atoms with Crippen LogP contribution < -0.4 is 9.47 Å². The van der Waals surface area contributed by atoms with E-state index in [1.54, 1.807) is 0 Å². The third kappa shape index (κ3) is 7.63. The van der Waals surface area contributed by atoms with Gasteiger partial charge in [-0.2, -0.15) is 5.26 Å². The first kappa shape index (κ1) is 23.2. The molecule has 0 saturated carbocycles. The Morgan fingerprint density at radius 1 is 0.625 bits per heavy atom. The molecular weight excluding hydrogens is 394 g/mol. The molecule has 0 aliphatic heterocycles. The van der Waals surface area contributed by atoms with Crippen LogP contribution in [0.25, 0.3) is 17.2 Å². The third-order valence-corrected chi connectivity index (χ3v) is 5.39. The van der Waals surface area contributed by atoms with E-state index in [4.69, 9.17) is 14.7 Å². The molecule has 0 unspecified atom stereocenters. The molecule has 0 aliphatic carbocycles. The first-order chi connectivity index (χ1) is 15.8. The Morgan fingerprint density at radius 3 is 1.53 bits per heavy atom. The average Bonchev–Trinajstić information content (AvgIpc) is 2.86. The van der Waals surface area contributed by atoms with Crippen molar-refractivity contribution < 1.29 is 9.47 Å². The second-order valence-corrected chi connectivity index (χ2v) is 7.80. The summed E-state index contributed by atoms with van der Waals surface area (Å²) in [5.74, 6) is 1.83. The number of ether oxygens (including phenoxy) is 2. The van der Waals surface area contributed by atoms with Crippen molar-refractivity contribution in [2.75, 3.05) is 13.2 Å². The smallest absolute Gasteiger partial charge is 0.119 e. The van der Waals surface area contributed by atoms with Gasteiger partial charge in [-0.15, -0.1) is 0 Å². The number of nitrogens with zero attached hydrogens (tertiary/aromatic N) is 1.